The molecule has 0 saturated carbocycles. The Hall–Kier alpha value is -2.26. The van der Waals surface area contributed by atoms with Crippen LogP contribution in [-0.2, 0) is 6.54 Å². The van der Waals surface area contributed by atoms with Gasteiger partial charge in [0.15, 0.2) is 0 Å². The van der Waals surface area contributed by atoms with E-state index in [9.17, 15) is 0 Å². The van der Waals surface area contributed by atoms with Crippen molar-refractivity contribution in [2.45, 2.75) is 6.54 Å². The van der Waals surface area contributed by atoms with Gasteiger partial charge in [-0.25, -0.2) is 5.84 Å². The molecular weight excluding hydrogens is 236 g/mol. The Bertz CT molecular complexity index is 508. The fraction of sp³-hybridized carbons (Fsp3) is 0.125. The molecule has 98 valence electrons. The number of benzene rings is 2. The van der Waals surface area contributed by atoms with Crippen LogP contribution in [0, 0.1) is 0 Å². The zero-order valence-corrected chi connectivity index (χ0v) is 10.8. The summed E-state index contributed by atoms with van der Waals surface area (Å²) in [7, 11) is 0. The van der Waals surface area contributed by atoms with Crippen molar-refractivity contribution in [3.63, 3.8) is 0 Å². The van der Waals surface area contributed by atoms with Gasteiger partial charge in [0, 0.05) is 0 Å². The maximum atomic E-state index is 6.05. The Kier molecular flexibility index (Phi) is 4.59. The number of rotatable bonds is 6. The standard InChI is InChI=1S/C16H18N2O/c1-2-12-19-16-10-8-15(9-11-16)18(17)13-14-6-4-3-5-7-14/h2-11H,1,12-13,17H2. The van der Waals surface area contributed by atoms with E-state index in [2.05, 4.69) is 18.7 Å². The lowest BCUT2D eigenvalue weighted by atomic mass is 10.2. The number of hydrogen-bond donors (Lipinski definition) is 1. The van der Waals surface area contributed by atoms with Crippen molar-refractivity contribution in [3.05, 3.63) is 72.8 Å². The highest BCUT2D eigenvalue weighted by molar-refractivity contribution is 5.48. The Morgan fingerprint density at radius 1 is 1.05 bits per heavy atom. The number of anilines is 1. The normalized spacial score (nSPS) is 9.95. The third kappa shape index (κ3) is 3.86. The molecule has 0 atom stereocenters. The van der Waals surface area contributed by atoms with Crippen molar-refractivity contribution in [2.24, 2.45) is 5.84 Å². The molecule has 0 spiro atoms. The van der Waals surface area contributed by atoms with Crippen molar-refractivity contribution in [1.29, 1.82) is 0 Å². The predicted octanol–water partition coefficient (Wildman–Crippen LogP) is 3.13. The smallest absolute Gasteiger partial charge is 0.119 e. The van der Waals surface area contributed by atoms with Crippen LogP contribution in [-0.4, -0.2) is 6.61 Å². The molecule has 0 radical (unpaired) electrons. The number of hydrazine groups is 1. The van der Waals surface area contributed by atoms with Gasteiger partial charge in [-0.2, -0.15) is 0 Å². The van der Waals surface area contributed by atoms with Gasteiger partial charge in [0.25, 0.3) is 0 Å². The maximum absolute atomic E-state index is 6.05. The first-order chi connectivity index (χ1) is 9.29. The van der Waals surface area contributed by atoms with Gasteiger partial charge in [0.1, 0.15) is 12.4 Å². The summed E-state index contributed by atoms with van der Waals surface area (Å²) in [5.41, 5.74) is 2.13. The average molecular weight is 254 g/mol. The second-order valence-electron chi connectivity index (χ2n) is 4.21. The molecule has 3 nitrogen and oxygen atoms in total. The number of ether oxygens (including phenoxy) is 1. The van der Waals surface area contributed by atoms with Crippen LogP contribution < -0.4 is 15.6 Å². The van der Waals surface area contributed by atoms with Crippen LogP contribution in [0.4, 0.5) is 5.69 Å². The zero-order valence-electron chi connectivity index (χ0n) is 10.8. The first-order valence-corrected chi connectivity index (χ1v) is 6.19. The molecule has 0 heterocycles. The van der Waals surface area contributed by atoms with Crippen LogP contribution in [0.15, 0.2) is 67.3 Å². The lowest BCUT2D eigenvalue weighted by molar-refractivity contribution is 0.363. The third-order valence-electron chi connectivity index (χ3n) is 2.73. The predicted molar refractivity (Wildman–Crippen MR) is 78.9 cm³/mol. The molecular formula is C16H18N2O. The van der Waals surface area contributed by atoms with Crippen molar-refractivity contribution < 1.29 is 4.74 Å². The highest BCUT2D eigenvalue weighted by atomic mass is 16.5. The monoisotopic (exact) mass is 254 g/mol. The molecule has 0 aliphatic carbocycles. The summed E-state index contributed by atoms with van der Waals surface area (Å²) in [6.45, 7) is 4.80. The van der Waals surface area contributed by atoms with Gasteiger partial charge in [-0.3, -0.25) is 0 Å². The topological polar surface area (TPSA) is 38.5 Å². The van der Waals surface area contributed by atoms with Gasteiger partial charge in [0.05, 0.1) is 12.2 Å². The summed E-state index contributed by atoms with van der Waals surface area (Å²) < 4.78 is 5.43. The van der Waals surface area contributed by atoms with Crippen LogP contribution in [0.5, 0.6) is 5.75 Å². The molecule has 2 N–H and O–H groups in total. The average Bonchev–Trinajstić information content (AvgIpc) is 2.46. The second-order valence-corrected chi connectivity index (χ2v) is 4.21. The lowest BCUT2D eigenvalue weighted by Gasteiger charge is -2.19. The SMILES string of the molecule is C=CCOc1ccc(N(N)Cc2ccccc2)cc1. The molecule has 3 heteroatoms. The molecule has 0 aliphatic heterocycles. The largest absolute Gasteiger partial charge is 0.490 e. The molecule has 2 aromatic rings. The Labute approximate surface area is 113 Å². The highest BCUT2D eigenvalue weighted by Gasteiger charge is 2.02. The molecule has 0 bridgehead atoms. The Morgan fingerprint density at radius 2 is 1.74 bits per heavy atom. The minimum absolute atomic E-state index is 0.510. The molecule has 0 aliphatic rings. The molecule has 2 aromatic carbocycles. The van der Waals surface area contributed by atoms with Crippen molar-refractivity contribution >= 4 is 5.69 Å². The molecule has 0 fully saturated rings. The summed E-state index contributed by atoms with van der Waals surface area (Å²) in [4.78, 5) is 0. The van der Waals surface area contributed by atoms with E-state index in [0.29, 0.717) is 13.2 Å². The van der Waals surface area contributed by atoms with Gasteiger partial charge in [-0.1, -0.05) is 43.0 Å². The van der Waals surface area contributed by atoms with Gasteiger partial charge >= 0.3 is 0 Å². The second kappa shape index (κ2) is 6.61. The number of hydrogen-bond acceptors (Lipinski definition) is 3. The maximum Gasteiger partial charge on any atom is 0.119 e. The van der Waals surface area contributed by atoms with Crippen molar-refractivity contribution in [2.75, 3.05) is 11.6 Å². The van der Waals surface area contributed by atoms with Crippen molar-refractivity contribution in [3.8, 4) is 5.75 Å². The molecule has 19 heavy (non-hydrogen) atoms. The minimum Gasteiger partial charge on any atom is -0.490 e. The third-order valence-corrected chi connectivity index (χ3v) is 2.73. The van der Waals surface area contributed by atoms with Gasteiger partial charge in [-0.05, 0) is 29.8 Å². The van der Waals surface area contributed by atoms with Crippen LogP contribution >= 0.6 is 0 Å². The minimum atomic E-state index is 0.510. The summed E-state index contributed by atoms with van der Waals surface area (Å²) in [5.74, 6) is 6.87. The van der Waals surface area contributed by atoms with Crippen molar-refractivity contribution in [1.82, 2.24) is 0 Å². The van der Waals surface area contributed by atoms with Gasteiger partial charge in [-0.15, -0.1) is 0 Å². The molecule has 0 aromatic heterocycles. The fourth-order valence-corrected chi connectivity index (χ4v) is 1.76. The zero-order chi connectivity index (χ0) is 13.5. The van der Waals surface area contributed by atoms with Crippen LogP contribution in [0.1, 0.15) is 5.56 Å². The van der Waals surface area contributed by atoms with Crippen LogP contribution in [0.3, 0.4) is 0 Å². The number of nitrogens with two attached hydrogens (primary N) is 1. The lowest BCUT2D eigenvalue weighted by Crippen LogP contribution is -2.29. The van der Waals surface area contributed by atoms with E-state index >= 15 is 0 Å². The summed E-state index contributed by atoms with van der Waals surface area (Å²) in [6.07, 6.45) is 1.72. The van der Waals surface area contributed by atoms with E-state index < -0.39 is 0 Å². The summed E-state index contributed by atoms with van der Waals surface area (Å²) >= 11 is 0. The summed E-state index contributed by atoms with van der Waals surface area (Å²) in [6, 6.07) is 17.8. The van der Waals surface area contributed by atoms with Crippen LogP contribution in [0.25, 0.3) is 0 Å². The molecule has 2 rings (SSSR count). The summed E-state index contributed by atoms with van der Waals surface area (Å²) in [5, 5.41) is 1.71. The van der Waals surface area contributed by atoms with E-state index in [0.717, 1.165) is 11.4 Å². The fourth-order valence-electron chi connectivity index (χ4n) is 1.76. The molecule has 0 saturated heterocycles. The Morgan fingerprint density at radius 3 is 2.37 bits per heavy atom. The van der Waals surface area contributed by atoms with Crippen LogP contribution in [0.2, 0.25) is 0 Å². The highest BCUT2D eigenvalue weighted by Crippen LogP contribution is 2.19. The van der Waals surface area contributed by atoms with E-state index in [1.54, 1.807) is 11.1 Å². The first-order valence-electron chi connectivity index (χ1n) is 6.19. The van der Waals surface area contributed by atoms with Gasteiger partial charge < -0.3 is 9.75 Å². The van der Waals surface area contributed by atoms with E-state index in [4.69, 9.17) is 10.6 Å². The molecule has 0 amide bonds. The van der Waals surface area contributed by atoms with E-state index in [-0.39, 0.29) is 0 Å². The first kappa shape index (κ1) is 13.2. The molecule has 0 unspecified atom stereocenters. The Balaban J connectivity index is 1.99. The van der Waals surface area contributed by atoms with E-state index in [1.165, 1.54) is 5.56 Å². The quantitative estimate of drug-likeness (QED) is 0.489. The van der Waals surface area contributed by atoms with E-state index in [1.807, 2.05) is 42.5 Å². The van der Waals surface area contributed by atoms with Gasteiger partial charge in [0.2, 0.25) is 0 Å². The number of nitrogens with zero attached hydrogens (tertiary/aromatic N) is 1.